The number of hydrogen-bond acceptors (Lipinski definition) is 4. The van der Waals surface area contributed by atoms with Crippen molar-refractivity contribution in [1.82, 2.24) is 10.7 Å². The Hall–Kier alpha value is -2.63. The van der Waals surface area contributed by atoms with E-state index >= 15 is 0 Å². The van der Waals surface area contributed by atoms with Gasteiger partial charge in [0, 0.05) is 6.54 Å². The van der Waals surface area contributed by atoms with Gasteiger partial charge in [0.2, 0.25) is 0 Å². The molecule has 0 aliphatic carbocycles. The molecule has 0 spiro atoms. The normalized spacial score (nSPS) is 10.2. The number of unbranched alkanes of at least 4 members (excludes halogenated alkanes) is 1. The molecule has 0 saturated carbocycles. The van der Waals surface area contributed by atoms with Gasteiger partial charge in [0.05, 0.1) is 12.8 Å². The smallest absolute Gasteiger partial charge is 0.329 e. The topological polar surface area (TPSA) is 79.8 Å². The summed E-state index contributed by atoms with van der Waals surface area (Å²) in [5.41, 5.74) is 2.94. The number of nitrogens with one attached hydrogen (secondary N) is 2. The van der Waals surface area contributed by atoms with Gasteiger partial charge in [-0.1, -0.05) is 19.4 Å². The number of carbonyl (C=O) groups excluding carboxylic acids is 2. The van der Waals surface area contributed by atoms with Crippen LogP contribution in [-0.4, -0.2) is 31.2 Å². The zero-order valence-electron chi connectivity index (χ0n) is 12.7. The molecule has 0 atom stereocenters. The van der Waals surface area contributed by atoms with Crippen LogP contribution in [0.2, 0.25) is 0 Å². The third-order valence-corrected chi connectivity index (χ3v) is 2.64. The second kappa shape index (κ2) is 10.1. The monoisotopic (exact) mass is 303 g/mol. The standard InChI is InChI=1S/C16H21N3O3/c1-3-5-11-22-14-8-6-13(7-9-14)12-18-19-16(21)15(20)17-10-4-2/h4,6-9,12H,2-3,5,10-11H2,1H3,(H,17,20)(H,19,21)/b18-12-. The summed E-state index contributed by atoms with van der Waals surface area (Å²) in [4.78, 5) is 22.6. The van der Waals surface area contributed by atoms with E-state index in [9.17, 15) is 9.59 Å². The van der Waals surface area contributed by atoms with Crippen molar-refractivity contribution in [2.75, 3.05) is 13.2 Å². The van der Waals surface area contributed by atoms with E-state index in [2.05, 4.69) is 29.3 Å². The molecular formula is C16H21N3O3. The van der Waals surface area contributed by atoms with Crippen molar-refractivity contribution in [1.29, 1.82) is 0 Å². The molecule has 2 N–H and O–H groups in total. The van der Waals surface area contributed by atoms with Crippen molar-refractivity contribution < 1.29 is 14.3 Å². The minimum atomic E-state index is -0.822. The molecule has 6 heteroatoms. The van der Waals surface area contributed by atoms with Crippen LogP contribution in [0, 0.1) is 0 Å². The van der Waals surface area contributed by atoms with E-state index in [1.54, 1.807) is 0 Å². The molecule has 0 radical (unpaired) electrons. The lowest BCUT2D eigenvalue weighted by Crippen LogP contribution is -2.37. The summed E-state index contributed by atoms with van der Waals surface area (Å²) in [7, 11) is 0. The van der Waals surface area contributed by atoms with Gasteiger partial charge in [-0.2, -0.15) is 5.10 Å². The molecular weight excluding hydrogens is 282 g/mol. The summed E-state index contributed by atoms with van der Waals surface area (Å²) in [6, 6.07) is 7.29. The van der Waals surface area contributed by atoms with Gasteiger partial charge in [-0.15, -0.1) is 6.58 Å². The molecule has 0 saturated heterocycles. The fourth-order valence-electron chi connectivity index (χ4n) is 1.45. The SMILES string of the molecule is C=CCNC(=O)C(=O)N/N=C\c1ccc(OCCCC)cc1. The molecule has 0 aliphatic heterocycles. The average Bonchev–Trinajstić information content (AvgIpc) is 2.54. The molecule has 1 aromatic carbocycles. The van der Waals surface area contributed by atoms with Gasteiger partial charge in [0.15, 0.2) is 0 Å². The number of carbonyl (C=O) groups is 2. The molecule has 0 fully saturated rings. The molecule has 0 heterocycles. The van der Waals surface area contributed by atoms with Crippen LogP contribution >= 0.6 is 0 Å². The lowest BCUT2D eigenvalue weighted by molar-refractivity contribution is -0.139. The summed E-state index contributed by atoms with van der Waals surface area (Å²) in [6.07, 6.45) is 5.04. The highest BCUT2D eigenvalue weighted by atomic mass is 16.5. The molecule has 0 aromatic heterocycles. The zero-order valence-corrected chi connectivity index (χ0v) is 12.7. The van der Waals surface area contributed by atoms with Crippen LogP contribution in [-0.2, 0) is 9.59 Å². The van der Waals surface area contributed by atoms with Crippen LogP contribution in [0.1, 0.15) is 25.3 Å². The Morgan fingerprint density at radius 2 is 2.00 bits per heavy atom. The van der Waals surface area contributed by atoms with Gasteiger partial charge in [0.25, 0.3) is 0 Å². The lowest BCUT2D eigenvalue weighted by Gasteiger charge is -2.04. The first-order valence-electron chi connectivity index (χ1n) is 7.12. The van der Waals surface area contributed by atoms with E-state index in [1.807, 2.05) is 24.3 Å². The molecule has 118 valence electrons. The molecule has 2 amide bonds. The Labute approximate surface area is 130 Å². The number of hydrazone groups is 1. The Balaban J connectivity index is 2.41. The highest BCUT2D eigenvalue weighted by molar-refractivity contribution is 6.35. The van der Waals surface area contributed by atoms with Crippen LogP contribution in [0.5, 0.6) is 5.75 Å². The van der Waals surface area contributed by atoms with Gasteiger partial charge >= 0.3 is 11.8 Å². The lowest BCUT2D eigenvalue weighted by atomic mass is 10.2. The quantitative estimate of drug-likeness (QED) is 0.252. The molecule has 22 heavy (non-hydrogen) atoms. The maximum Gasteiger partial charge on any atom is 0.329 e. The van der Waals surface area contributed by atoms with Crippen LogP contribution in [0.25, 0.3) is 0 Å². The zero-order chi connectivity index (χ0) is 16.2. The van der Waals surface area contributed by atoms with Crippen molar-refractivity contribution >= 4 is 18.0 Å². The third kappa shape index (κ3) is 6.69. The van der Waals surface area contributed by atoms with Gasteiger partial charge in [0.1, 0.15) is 5.75 Å². The van der Waals surface area contributed by atoms with E-state index in [1.165, 1.54) is 12.3 Å². The highest BCUT2D eigenvalue weighted by Gasteiger charge is 2.10. The maximum atomic E-state index is 11.3. The van der Waals surface area contributed by atoms with Crippen molar-refractivity contribution in [3.63, 3.8) is 0 Å². The summed E-state index contributed by atoms with van der Waals surface area (Å²) in [5, 5.41) is 6.08. The van der Waals surface area contributed by atoms with Crippen molar-refractivity contribution in [3.05, 3.63) is 42.5 Å². The number of amides is 2. The van der Waals surface area contributed by atoms with E-state index in [4.69, 9.17) is 4.74 Å². The predicted molar refractivity (Wildman–Crippen MR) is 85.8 cm³/mol. The van der Waals surface area contributed by atoms with Crippen molar-refractivity contribution in [3.8, 4) is 5.75 Å². The second-order valence-corrected chi connectivity index (χ2v) is 4.47. The van der Waals surface area contributed by atoms with E-state index in [0.717, 1.165) is 24.2 Å². The molecule has 1 rings (SSSR count). The first-order valence-corrected chi connectivity index (χ1v) is 7.12. The summed E-state index contributed by atoms with van der Waals surface area (Å²) in [5.74, 6) is -0.784. The summed E-state index contributed by atoms with van der Waals surface area (Å²) in [6.45, 7) is 6.47. The number of rotatable bonds is 8. The van der Waals surface area contributed by atoms with Crippen LogP contribution < -0.4 is 15.5 Å². The van der Waals surface area contributed by atoms with Gasteiger partial charge in [-0.3, -0.25) is 9.59 Å². The van der Waals surface area contributed by atoms with Gasteiger partial charge in [-0.05, 0) is 36.2 Å². The van der Waals surface area contributed by atoms with Crippen molar-refractivity contribution in [2.45, 2.75) is 19.8 Å². The van der Waals surface area contributed by atoms with Gasteiger partial charge < -0.3 is 10.1 Å². The Kier molecular flexibility index (Phi) is 8.04. The van der Waals surface area contributed by atoms with Crippen molar-refractivity contribution in [2.24, 2.45) is 5.10 Å². The Morgan fingerprint density at radius 3 is 2.64 bits per heavy atom. The van der Waals surface area contributed by atoms with E-state index in [0.29, 0.717) is 6.61 Å². The first kappa shape index (κ1) is 17.4. The average molecular weight is 303 g/mol. The van der Waals surface area contributed by atoms with E-state index < -0.39 is 11.8 Å². The largest absolute Gasteiger partial charge is 0.494 e. The highest BCUT2D eigenvalue weighted by Crippen LogP contribution is 2.11. The Morgan fingerprint density at radius 1 is 1.27 bits per heavy atom. The fraction of sp³-hybridized carbons (Fsp3) is 0.312. The molecule has 6 nitrogen and oxygen atoms in total. The molecule has 1 aromatic rings. The molecule has 0 aliphatic rings. The third-order valence-electron chi connectivity index (χ3n) is 2.64. The van der Waals surface area contributed by atoms with Crippen LogP contribution in [0.3, 0.4) is 0 Å². The first-order chi connectivity index (χ1) is 10.7. The minimum Gasteiger partial charge on any atom is -0.494 e. The minimum absolute atomic E-state index is 0.232. The van der Waals surface area contributed by atoms with Crippen LogP contribution in [0.4, 0.5) is 0 Å². The van der Waals surface area contributed by atoms with E-state index in [-0.39, 0.29) is 6.54 Å². The molecule has 0 bridgehead atoms. The van der Waals surface area contributed by atoms with Crippen LogP contribution in [0.15, 0.2) is 42.0 Å². The fourth-order valence-corrected chi connectivity index (χ4v) is 1.45. The number of nitrogens with zero attached hydrogens (tertiary/aromatic N) is 1. The number of ether oxygens (including phenoxy) is 1. The maximum absolute atomic E-state index is 11.3. The molecule has 0 unspecified atom stereocenters. The van der Waals surface area contributed by atoms with Gasteiger partial charge in [-0.25, -0.2) is 5.43 Å². The Bertz CT molecular complexity index is 524. The summed E-state index contributed by atoms with van der Waals surface area (Å²) >= 11 is 0. The predicted octanol–water partition coefficient (Wildman–Crippen LogP) is 1.62. The number of benzene rings is 1. The number of hydrogen-bond donors (Lipinski definition) is 2. The summed E-state index contributed by atoms with van der Waals surface area (Å²) < 4.78 is 5.54. The second-order valence-electron chi connectivity index (χ2n) is 4.47.